The highest BCUT2D eigenvalue weighted by molar-refractivity contribution is 7.90. The number of para-hydroxylation sites is 1. The maximum atomic E-state index is 13.5. The number of benzene rings is 2. The summed E-state index contributed by atoms with van der Waals surface area (Å²) in [6.07, 6.45) is -3.75. The number of carbonyl (C=O) groups excluding carboxylic acids is 1. The van der Waals surface area contributed by atoms with Gasteiger partial charge in [0, 0.05) is 11.8 Å². The zero-order valence-electron chi connectivity index (χ0n) is 18.7. The van der Waals surface area contributed by atoms with Crippen LogP contribution in [0.2, 0.25) is 0 Å². The van der Waals surface area contributed by atoms with E-state index in [1.165, 1.54) is 43.3 Å². The summed E-state index contributed by atoms with van der Waals surface area (Å²) < 4.78 is 74.3. The number of halogens is 4. The van der Waals surface area contributed by atoms with Crippen LogP contribution in [0.3, 0.4) is 0 Å². The second kappa shape index (κ2) is 10.5. The molecule has 1 aromatic heterocycles. The maximum Gasteiger partial charge on any atom is 0.418 e. The van der Waals surface area contributed by atoms with E-state index < -0.39 is 55.6 Å². The number of nitrogens with two attached hydrogens (primary N) is 1. The zero-order chi connectivity index (χ0) is 26.7. The highest BCUT2D eigenvalue weighted by atomic mass is 35.5. The Morgan fingerprint density at radius 1 is 1.19 bits per heavy atom. The second-order valence-electron chi connectivity index (χ2n) is 7.15. The van der Waals surface area contributed by atoms with E-state index >= 15 is 0 Å². The van der Waals surface area contributed by atoms with Gasteiger partial charge in [-0.05, 0) is 31.2 Å². The molecule has 2 aromatic carbocycles. The average molecular weight is 543 g/mol. The van der Waals surface area contributed by atoms with Gasteiger partial charge < -0.3 is 15.0 Å². The topological polar surface area (TPSA) is 138 Å². The molecule has 14 heteroatoms. The number of aliphatic imine (C=N–C) groups is 1. The molecule has 0 atom stereocenters. The fourth-order valence-electron chi connectivity index (χ4n) is 2.85. The van der Waals surface area contributed by atoms with Crippen LogP contribution in [0.5, 0.6) is 0 Å². The molecule has 9 nitrogen and oxygen atoms in total. The Hall–Kier alpha value is -3.71. The first kappa shape index (κ1) is 26.9. The number of hydrogen-bond donors (Lipinski definition) is 1. The molecule has 3 aromatic rings. The van der Waals surface area contributed by atoms with E-state index in [-0.39, 0.29) is 22.9 Å². The Morgan fingerprint density at radius 2 is 1.89 bits per heavy atom. The summed E-state index contributed by atoms with van der Waals surface area (Å²) in [5.74, 6) is -1.64. The molecule has 0 aliphatic carbocycles. The lowest BCUT2D eigenvalue weighted by Crippen LogP contribution is -2.19. The molecule has 0 radical (unpaired) electrons. The van der Waals surface area contributed by atoms with Crippen molar-refractivity contribution in [3.8, 4) is 11.4 Å². The number of carbonyl (C=O) groups is 1. The zero-order valence-corrected chi connectivity index (χ0v) is 20.3. The highest BCUT2D eigenvalue weighted by Crippen LogP contribution is 2.37. The highest BCUT2D eigenvalue weighted by Gasteiger charge is 2.34. The van der Waals surface area contributed by atoms with E-state index in [1.807, 2.05) is 0 Å². The van der Waals surface area contributed by atoms with E-state index in [0.717, 1.165) is 18.4 Å². The largest absolute Gasteiger partial charge is 0.461 e. The number of esters is 1. The van der Waals surface area contributed by atoms with Gasteiger partial charge in [-0.2, -0.15) is 18.2 Å². The Balaban J connectivity index is 2.20. The number of ether oxygens (including phenoxy) is 1. The lowest BCUT2D eigenvalue weighted by atomic mass is 10.1. The Bertz CT molecular complexity index is 1470. The maximum absolute atomic E-state index is 13.5. The van der Waals surface area contributed by atoms with Crippen LogP contribution < -0.4 is 5.73 Å². The molecular weight excluding hydrogens is 525 g/mol. The van der Waals surface area contributed by atoms with Crippen molar-refractivity contribution >= 4 is 38.8 Å². The number of alkyl halides is 3. The number of nitrogens with zero attached hydrogens (tertiary/aromatic N) is 3. The molecule has 190 valence electrons. The Labute approximate surface area is 208 Å². The van der Waals surface area contributed by atoms with Crippen LogP contribution in [0.15, 0.2) is 73.7 Å². The summed E-state index contributed by atoms with van der Waals surface area (Å²) in [7, 11) is -3.55. The van der Waals surface area contributed by atoms with Gasteiger partial charge in [0.05, 0.1) is 22.8 Å². The van der Waals surface area contributed by atoms with Crippen LogP contribution in [0.25, 0.3) is 11.4 Å². The summed E-state index contributed by atoms with van der Waals surface area (Å²) in [6, 6.07) is 9.94. The van der Waals surface area contributed by atoms with E-state index in [4.69, 9.17) is 26.6 Å². The smallest absolute Gasteiger partial charge is 0.418 e. The predicted molar refractivity (Wildman–Crippen MR) is 124 cm³/mol. The number of aromatic nitrogens is 2. The molecule has 1 heterocycles. The van der Waals surface area contributed by atoms with Crippen molar-refractivity contribution in [1.82, 2.24) is 10.1 Å². The second-order valence-corrected chi connectivity index (χ2v) is 9.54. The molecule has 0 fully saturated rings. The molecule has 3 rings (SSSR count). The predicted octanol–water partition coefficient (Wildman–Crippen LogP) is 4.25. The van der Waals surface area contributed by atoms with Crippen LogP contribution in [-0.4, -0.2) is 43.1 Å². The van der Waals surface area contributed by atoms with Gasteiger partial charge in [-0.1, -0.05) is 41.0 Å². The summed E-state index contributed by atoms with van der Waals surface area (Å²) in [4.78, 5) is 20.1. The van der Waals surface area contributed by atoms with Crippen LogP contribution in [0.4, 0.5) is 18.9 Å². The third-order valence-electron chi connectivity index (χ3n) is 4.53. The molecule has 2 N–H and O–H groups in total. The quantitative estimate of drug-likeness (QED) is 0.266. The summed E-state index contributed by atoms with van der Waals surface area (Å²) in [6.45, 7) is 1.47. The van der Waals surface area contributed by atoms with Gasteiger partial charge in [0.2, 0.25) is 5.82 Å². The van der Waals surface area contributed by atoms with Crippen molar-refractivity contribution in [2.75, 3.05) is 12.9 Å². The number of rotatable bonds is 7. The normalized spacial score (nSPS) is 13.3. The molecule has 0 bridgehead atoms. The molecule has 0 aliphatic heterocycles. The summed E-state index contributed by atoms with van der Waals surface area (Å²) in [5, 5.41) is 3.15. The van der Waals surface area contributed by atoms with Crippen molar-refractivity contribution in [1.29, 1.82) is 0 Å². The Morgan fingerprint density at radius 3 is 2.53 bits per heavy atom. The fraction of sp³-hybridized carbons (Fsp3) is 0.182. The number of hydrogen-bond acceptors (Lipinski definition) is 9. The van der Waals surface area contributed by atoms with Gasteiger partial charge in [0.15, 0.2) is 9.84 Å². The molecule has 0 saturated carbocycles. The van der Waals surface area contributed by atoms with Gasteiger partial charge in [0.1, 0.15) is 16.4 Å². The van der Waals surface area contributed by atoms with Crippen LogP contribution >= 0.6 is 11.6 Å². The summed E-state index contributed by atoms with van der Waals surface area (Å²) >= 11 is 6.25. The van der Waals surface area contributed by atoms with Crippen molar-refractivity contribution in [2.45, 2.75) is 18.0 Å². The average Bonchev–Trinajstić information content (AvgIpc) is 3.31. The minimum atomic E-state index is -4.76. The van der Waals surface area contributed by atoms with Crippen LogP contribution in [-0.2, 0) is 25.5 Å². The molecular formula is C22H18ClF3N4O5S. The first-order valence-electron chi connectivity index (χ1n) is 10.0. The van der Waals surface area contributed by atoms with Crippen molar-refractivity contribution < 1.29 is 35.6 Å². The molecule has 0 amide bonds. The SMILES string of the molecule is CCOC(=O)/C(N)=C(\Cl)C(=Nc1ccccc1C(F)(F)F)c1nc(-c2cccc(S(C)(=O)=O)c2)no1. The van der Waals surface area contributed by atoms with Crippen molar-refractivity contribution in [2.24, 2.45) is 10.7 Å². The molecule has 0 unspecified atom stereocenters. The van der Waals surface area contributed by atoms with E-state index in [1.54, 1.807) is 0 Å². The number of allylic oxidation sites excluding steroid dienone is 1. The fourth-order valence-corrected chi connectivity index (χ4v) is 3.72. The van der Waals surface area contributed by atoms with Crippen molar-refractivity contribution in [3.05, 3.63) is 70.7 Å². The van der Waals surface area contributed by atoms with Gasteiger partial charge >= 0.3 is 12.1 Å². The van der Waals surface area contributed by atoms with Crippen molar-refractivity contribution in [3.63, 3.8) is 0 Å². The monoisotopic (exact) mass is 542 g/mol. The lowest BCUT2D eigenvalue weighted by molar-refractivity contribution is -0.139. The van der Waals surface area contributed by atoms with E-state index in [2.05, 4.69) is 15.1 Å². The third-order valence-corrected chi connectivity index (χ3v) is 6.02. The molecule has 36 heavy (non-hydrogen) atoms. The van der Waals surface area contributed by atoms with Gasteiger partial charge in [-0.25, -0.2) is 18.2 Å². The first-order chi connectivity index (χ1) is 16.8. The molecule has 0 spiro atoms. The minimum Gasteiger partial charge on any atom is -0.461 e. The van der Waals surface area contributed by atoms with Gasteiger partial charge in [-0.15, -0.1) is 0 Å². The van der Waals surface area contributed by atoms with Gasteiger partial charge in [0.25, 0.3) is 5.89 Å². The lowest BCUT2D eigenvalue weighted by Gasteiger charge is -2.11. The molecule has 0 saturated heterocycles. The van der Waals surface area contributed by atoms with Crippen LogP contribution in [0, 0.1) is 0 Å². The van der Waals surface area contributed by atoms with E-state index in [0.29, 0.717) is 0 Å². The standard InChI is InChI=1S/C22H18ClF3N4O5S/c1-3-34-21(31)17(27)16(23)18(28-15-10-5-4-9-14(15)22(24,25)26)20-29-19(30-35-20)12-7-6-8-13(11-12)36(2,32)33/h4-11H,3,27H2,1-2H3/b17-16+,28-18?. The third kappa shape index (κ3) is 6.10. The minimum absolute atomic E-state index is 0.0242. The van der Waals surface area contributed by atoms with Crippen LogP contribution in [0.1, 0.15) is 18.4 Å². The first-order valence-corrected chi connectivity index (χ1v) is 12.3. The van der Waals surface area contributed by atoms with E-state index in [9.17, 15) is 26.4 Å². The van der Waals surface area contributed by atoms with Gasteiger partial charge in [-0.3, -0.25) is 0 Å². The number of sulfone groups is 1. The molecule has 0 aliphatic rings. The summed E-state index contributed by atoms with van der Waals surface area (Å²) in [5.41, 5.74) is 3.15. The Kier molecular flexibility index (Phi) is 7.84.